The minimum atomic E-state index is -0.136. The van der Waals surface area contributed by atoms with E-state index in [4.69, 9.17) is 14.2 Å². The maximum absolute atomic E-state index is 5.95. The summed E-state index contributed by atoms with van der Waals surface area (Å²) in [5, 5.41) is 1.07. The first-order valence-electron chi connectivity index (χ1n) is 6.25. The predicted molar refractivity (Wildman–Crippen MR) is 74.6 cm³/mol. The zero-order valence-electron chi connectivity index (χ0n) is 11.6. The number of aromatic nitrogens is 1. The molecule has 2 aromatic rings. The fourth-order valence-corrected chi connectivity index (χ4v) is 1.98. The molecule has 0 bridgehead atoms. The average molecular weight is 261 g/mol. The number of hydrogen-bond acceptors (Lipinski definition) is 4. The third-order valence-electron chi connectivity index (χ3n) is 2.82. The number of pyridine rings is 1. The largest absolute Gasteiger partial charge is 0.483 e. The second kappa shape index (κ2) is 6.50. The molecule has 1 heterocycles. The Morgan fingerprint density at radius 2 is 1.79 bits per heavy atom. The van der Waals surface area contributed by atoms with Crippen LogP contribution in [0, 0.1) is 6.92 Å². The van der Waals surface area contributed by atoms with Crippen LogP contribution in [0.1, 0.15) is 5.69 Å². The van der Waals surface area contributed by atoms with Gasteiger partial charge in [0.1, 0.15) is 17.4 Å². The van der Waals surface area contributed by atoms with Gasteiger partial charge in [0.2, 0.25) is 0 Å². The molecule has 0 radical (unpaired) electrons. The van der Waals surface area contributed by atoms with Crippen LogP contribution in [0.4, 0.5) is 0 Å². The van der Waals surface area contributed by atoms with Gasteiger partial charge >= 0.3 is 0 Å². The molecular formula is C15H19NO3. The van der Waals surface area contributed by atoms with Crippen LogP contribution in [0.2, 0.25) is 0 Å². The van der Waals surface area contributed by atoms with E-state index in [1.165, 1.54) is 0 Å². The number of para-hydroxylation sites is 1. The van der Waals surface area contributed by atoms with Crippen molar-refractivity contribution in [2.24, 2.45) is 0 Å². The number of methoxy groups -OCH3 is 2. The monoisotopic (exact) mass is 261 g/mol. The molecule has 0 amide bonds. The summed E-state index contributed by atoms with van der Waals surface area (Å²) in [4.78, 5) is 4.54. The van der Waals surface area contributed by atoms with Crippen molar-refractivity contribution < 1.29 is 14.2 Å². The summed E-state index contributed by atoms with van der Waals surface area (Å²) in [6.45, 7) is 2.93. The molecule has 0 unspecified atom stereocenters. The van der Waals surface area contributed by atoms with E-state index in [0.29, 0.717) is 13.2 Å². The number of hydrogen-bond donors (Lipinski definition) is 0. The molecular weight excluding hydrogens is 242 g/mol. The van der Waals surface area contributed by atoms with Gasteiger partial charge in [0.15, 0.2) is 0 Å². The van der Waals surface area contributed by atoms with E-state index >= 15 is 0 Å². The van der Waals surface area contributed by atoms with E-state index in [2.05, 4.69) is 4.98 Å². The SMILES string of the molecule is COCC(COC)Oc1cccc2ccc(C)nc12. The highest BCUT2D eigenvalue weighted by Gasteiger charge is 2.12. The van der Waals surface area contributed by atoms with E-state index < -0.39 is 0 Å². The Bertz CT molecular complexity index is 536. The van der Waals surface area contributed by atoms with Gasteiger partial charge < -0.3 is 14.2 Å². The molecule has 1 aromatic heterocycles. The fraction of sp³-hybridized carbons (Fsp3) is 0.400. The molecule has 102 valence electrons. The van der Waals surface area contributed by atoms with E-state index in [-0.39, 0.29) is 6.10 Å². The number of aryl methyl sites for hydroxylation is 1. The van der Waals surface area contributed by atoms with Crippen molar-refractivity contribution in [3.63, 3.8) is 0 Å². The lowest BCUT2D eigenvalue weighted by molar-refractivity contribution is 0.0252. The lowest BCUT2D eigenvalue weighted by atomic mass is 10.2. The zero-order chi connectivity index (χ0) is 13.7. The summed E-state index contributed by atoms with van der Waals surface area (Å²) in [7, 11) is 3.30. The molecule has 19 heavy (non-hydrogen) atoms. The smallest absolute Gasteiger partial charge is 0.146 e. The van der Waals surface area contributed by atoms with Crippen LogP contribution in [-0.4, -0.2) is 38.5 Å². The Hall–Kier alpha value is -1.65. The van der Waals surface area contributed by atoms with Crippen LogP contribution in [-0.2, 0) is 9.47 Å². The first-order chi connectivity index (χ1) is 9.24. The molecule has 2 rings (SSSR count). The number of nitrogens with zero attached hydrogens (tertiary/aromatic N) is 1. The van der Waals surface area contributed by atoms with Gasteiger partial charge in [-0.15, -0.1) is 0 Å². The lowest BCUT2D eigenvalue weighted by Crippen LogP contribution is -2.27. The Kier molecular flexibility index (Phi) is 4.71. The van der Waals surface area contributed by atoms with Crippen LogP contribution in [0.25, 0.3) is 10.9 Å². The summed E-state index contributed by atoms with van der Waals surface area (Å²) in [6, 6.07) is 9.95. The standard InChI is InChI=1S/C15H19NO3/c1-11-7-8-12-5-4-6-14(15(12)16-11)19-13(9-17-2)10-18-3/h4-8,13H,9-10H2,1-3H3. The number of rotatable bonds is 6. The van der Waals surface area contributed by atoms with Gasteiger partial charge in [-0.05, 0) is 19.1 Å². The molecule has 4 nitrogen and oxygen atoms in total. The third kappa shape index (κ3) is 3.43. The number of benzene rings is 1. The molecule has 0 aliphatic rings. The Morgan fingerprint density at radius 3 is 2.47 bits per heavy atom. The second-order valence-electron chi connectivity index (χ2n) is 4.43. The highest BCUT2D eigenvalue weighted by Crippen LogP contribution is 2.24. The van der Waals surface area contributed by atoms with Crippen LogP contribution in [0.5, 0.6) is 5.75 Å². The quantitative estimate of drug-likeness (QED) is 0.801. The van der Waals surface area contributed by atoms with E-state index in [1.54, 1.807) is 14.2 Å². The molecule has 0 saturated carbocycles. The summed E-state index contributed by atoms with van der Waals surface area (Å²) >= 11 is 0. The molecule has 0 aliphatic carbocycles. The van der Waals surface area contributed by atoms with Crippen molar-refractivity contribution in [1.82, 2.24) is 4.98 Å². The summed E-state index contributed by atoms with van der Waals surface area (Å²) in [5.41, 5.74) is 1.85. The highest BCUT2D eigenvalue weighted by molar-refractivity contribution is 5.84. The van der Waals surface area contributed by atoms with Crippen molar-refractivity contribution in [1.29, 1.82) is 0 Å². The average Bonchev–Trinajstić information content (AvgIpc) is 2.40. The van der Waals surface area contributed by atoms with Crippen LogP contribution in [0.15, 0.2) is 30.3 Å². The van der Waals surface area contributed by atoms with E-state index in [9.17, 15) is 0 Å². The molecule has 0 fully saturated rings. The van der Waals surface area contributed by atoms with Crippen molar-refractivity contribution in [2.75, 3.05) is 27.4 Å². The highest BCUT2D eigenvalue weighted by atomic mass is 16.6. The van der Waals surface area contributed by atoms with Gasteiger partial charge in [0, 0.05) is 25.3 Å². The Balaban J connectivity index is 2.30. The first kappa shape index (κ1) is 13.8. The molecule has 1 aromatic carbocycles. The summed E-state index contributed by atoms with van der Waals surface area (Å²) in [6.07, 6.45) is -0.136. The van der Waals surface area contributed by atoms with Crippen molar-refractivity contribution in [2.45, 2.75) is 13.0 Å². The second-order valence-corrected chi connectivity index (χ2v) is 4.43. The molecule has 0 atom stereocenters. The van der Waals surface area contributed by atoms with E-state index in [1.807, 2.05) is 37.3 Å². The lowest BCUT2D eigenvalue weighted by Gasteiger charge is -2.18. The number of fused-ring (bicyclic) bond motifs is 1. The maximum Gasteiger partial charge on any atom is 0.146 e. The van der Waals surface area contributed by atoms with Gasteiger partial charge in [-0.3, -0.25) is 0 Å². The fourth-order valence-electron chi connectivity index (χ4n) is 1.98. The third-order valence-corrected chi connectivity index (χ3v) is 2.82. The molecule has 0 aliphatic heterocycles. The minimum Gasteiger partial charge on any atom is -0.483 e. The van der Waals surface area contributed by atoms with Crippen LogP contribution >= 0.6 is 0 Å². The van der Waals surface area contributed by atoms with Gasteiger partial charge in [0.25, 0.3) is 0 Å². The van der Waals surface area contributed by atoms with Crippen molar-refractivity contribution in [3.8, 4) is 5.75 Å². The predicted octanol–water partition coefficient (Wildman–Crippen LogP) is 2.58. The molecule has 0 N–H and O–H groups in total. The van der Waals surface area contributed by atoms with Crippen molar-refractivity contribution in [3.05, 3.63) is 36.0 Å². The summed E-state index contributed by atoms with van der Waals surface area (Å²) < 4.78 is 16.2. The van der Waals surface area contributed by atoms with Gasteiger partial charge in [0.05, 0.1) is 13.2 Å². The maximum atomic E-state index is 5.95. The topological polar surface area (TPSA) is 40.6 Å². The zero-order valence-corrected chi connectivity index (χ0v) is 11.6. The minimum absolute atomic E-state index is 0.136. The van der Waals surface area contributed by atoms with Gasteiger partial charge in [-0.25, -0.2) is 4.98 Å². The first-order valence-corrected chi connectivity index (χ1v) is 6.25. The Morgan fingerprint density at radius 1 is 1.05 bits per heavy atom. The van der Waals surface area contributed by atoms with E-state index in [0.717, 1.165) is 22.3 Å². The summed E-state index contributed by atoms with van der Waals surface area (Å²) in [5.74, 6) is 0.764. The Labute approximate surface area is 113 Å². The van der Waals surface area contributed by atoms with Gasteiger partial charge in [-0.2, -0.15) is 0 Å². The molecule has 0 spiro atoms. The normalized spacial score (nSPS) is 11.2. The van der Waals surface area contributed by atoms with Gasteiger partial charge in [-0.1, -0.05) is 18.2 Å². The van der Waals surface area contributed by atoms with Crippen molar-refractivity contribution >= 4 is 10.9 Å². The van der Waals surface area contributed by atoms with Crippen LogP contribution in [0.3, 0.4) is 0 Å². The number of ether oxygens (including phenoxy) is 3. The molecule has 0 saturated heterocycles. The molecule has 4 heteroatoms. The van der Waals surface area contributed by atoms with Crippen LogP contribution < -0.4 is 4.74 Å².